The SMILES string of the molecule is Cc1ccc(C(=O)NC(C)(C)CO)cc1C. The van der Waals surface area contributed by atoms with Crippen LogP contribution < -0.4 is 5.32 Å². The first-order valence-electron chi connectivity index (χ1n) is 5.36. The number of aryl methyl sites for hydroxylation is 2. The second-order valence-corrected chi connectivity index (χ2v) is 4.80. The molecule has 3 nitrogen and oxygen atoms in total. The molecule has 0 aliphatic rings. The van der Waals surface area contributed by atoms with E-state index in [0.717, 1.165) is 11.1 Å². The summed E-state index contributed by atoms with van der Waals surface area (Å²) in [7, 11) is 0. The molecule has 1 aromatic rings. The molecular formula is C13H19NO2. The van der Waals surface area contributed by atoms with Crippen LogP contribution in [0.1, 0.15) is 35.3 Å². The van der Waals surface area contributed by atoms with Crippen LogP contribution >= 0.6 is 0 Å². The largest absolute Gasteiger partial charge is 0.394 e. The van der Waals surface area contributed by atoms with E-state index < -0.39 is 5.54 Å². The topological polar surface area (TPSA) is 49.3 Å². The lowest BCUT2D eigenvalue weighted by atomic mass is 10.0. The van der Waals surface area contributed by atoms with Gasteiger partial charge in [-0.2, -0.15) is 0 Å². The molecule has 2 N–H and O–H groups in total. The lowest BCUT2D eigenvalue weighted by molar-refractivity contribution is 0.0869. The zero-order chi connectivity index (χ0) is 12.3. The standard InChI is InChI=1S/C13H19NO2/c1-9-5-6-11(7-10(9)2)12(16)14-13(3,4)8-15/h5-7,15H,8H2,1-4H3,(H,14,16). The van der Waals surface area contributed by atoms with Crippen LogP contribution in [0.2, 0.25) is 0 Å². The van der Waals surface area contributed by atoms with E-state index in [-0.39, 0.29) is 12.5 Å². The molecule has 0 saturated heterocycles. The van der Waals surface area contributed by atoms with Crippen molar-refractivity contribution < 1.29 is 9.90 Å². The number of carbonyl (C=O) groups is 1. The summed E-state index contributed by atoms with van der Waals surface area (Å²) in [5, 5.41) is 11.9. The fourth-order valence-electron chi connectivity index (χ4n) is 1.30. The molecule has 1 aromatic carbocycles. The summed E-state index contributed by atoms with van der Waals surface area (Å²) in [6, 6.07) is 5.58. The maximum absolute atomic E-state index is 11.9. The van der Waals surface area contributed by atoms with Gasteiger partial charge in [-0.15, -0.1) is 0 Å². The molecule has 0 unspecified atom stereocenters. The van der Waals surface area contributed by atoms with Crippen LogP contribution in [0.25, 0.3) is 0 Å². The van der Waals surface area contributed by atoms with Crippen LogP contribution in [0.4, 0.5) is 0 Å². The van der Waals surface area contributed by atoms with Crippen molar-refractivity contribution in [3.8, 4) is 0 Å². The van der Waals surface area contributed by atoms with Crippen LogP contribution in [0.3, 0.4) is 0 Å². The second-order valence-electron chi connectivity index (χ2n) is 4.80. The molecule has 0 bridgehead atoms. The summed E-state index contributed by atoms with van der Waals surface area (Å²) < 4.78 is 0. The van der Waals surface area contributed by atoms with Gasteiger partial charge in [-0.3, -0.25) is 4.79 Å². The molecule has 0 aromatic heterocycles. The van der Waals surface area contributed by atoms with Crippen molar-refractivity contribution in [2.24, 2.45) is 0 Å². The van der Waals surface area contributed by atoms with Crippen LogP contribution in [0.5, 0.6) is 0 Å². The Morgan fingerprint density at radius 1 is 1.31 bits per heavy atom. The number of carbonyl (C=O) groups excluding carboxylic acids is 1. The minimum Gasteiger partial charge on any atom is -0.394 e. The maximum Gasteiger partial charge on any atom is 0.251 e. The van der Waals surface area contributed by atoms with E-state index in [1.807, 2.05) is 26.0 Å². The summed E-state index contributed by atoms with van der Waals surface area (Å²) >= 11 is 0. The third-order valence-corrected chi connectivity index (χ3v) is 2.62. The van der Waals surface area contributed by atoms with Gasteiger partial charge in [0.2, 0.25) is 0 Å². The molecule has 0 aliphatic heterocycles. The lowest BCUT2D eigenvalue weighted by Gasteiger charge is -2.23. The molecule has 0 heterocycles. The summed E-state index contributed by atoms with van der Waals surface area (Å²) in [6.45, 7) is 7.47. The Kier molecular flexibility index (Phi) is 3.70. The first-order chi connectivity index (χ1) is 7.35. The number of amides is 1. The Hall–Kier alpha value is -1.35. The van der Waals surface area contributed by atoms with Gasteiger partial charge >= 0.3 is 0 Å². The smallest absolute Gasteiger partial charge is 0.251 e. The summed E-state index contributed by atoms with van der Waals surface area (Å²) in [4.78, 5) is 11.9. The van der Waals surface area contributed by atoms with Crippen LogP contribution in [-0.4, -0.2) is 23.2 Å². The molecule has 16 heavy (non-hydrogen) atoms. The van der Waals surface area contributed by atoms with Crippen molar-refractivity contribution in [2.75, 3.05) is 6.61 Å². The molecule has 0 spiro atoms. The van der Waals surface area contributed by atoms with Gasteiger partial charge in [0.05, 0.1) is 12.1 Å². The fraction of sp³-hybridized carbons (Fsp3) is 0.462. The van der Waals surface area contributed by atoms with E-state index in [1.54, 1.807) is 19.9 Å². The molecule has 0 radical (unpaired) electrons. The summed E-state index contributed by atoms with van der Waals surface area (Å²) in [5.41, 5.74) is 2.30. The minimum atomic E-state index is -0.587. The molecule has 0 atom stereocenters. The first kappa shape index (κ1) is 12.7. The monoisotopic (exact) mass is 221 g/mol. The van der Waals surface area contributed by atoms with E-state index in [2.05, 4.69) is 5.32 Å². The van der Waals surface area contributed by atoms with E-state index in [0.29, 0.717) is 5.56 Å². The summed E-state index contributed by atoms with van der Waals surface area (Å²) in [5.74, 6) is -0.151. The lowest BCUT2D eigenvalue weighted by Crippen LogP contribution is -2.46. The van der Waals surface area contributed by atoms with Gasteiger partial charge < -0.3 is 10.4 Å². The van der Waals surface area contributed by atoms with E-state index in [9.17, 15) is 4.79 Å². The van der Waals surface area contributed by atoms with Crippen LogP contribution in [0.15, 0.2) is 18.2 Å². The average Bonchev–Trinajstić information content (AvgIpc) is 2.21. The van der Waals surface area contributed by atoms with Gasteiger partial charge in [-0.1, -0.05) is 6.07 Å². The number of hydrogen-bond donors (Lipinski definition) is 2. The molecular weight excluding hydrogens is 202 g/mol. The highest BCUT2D eigenvalue weighted by Crippen LogP contribution is 2.11. The molecule has 0 saturated carbocycles. The van der Waals surface area contributed by atoms with E-state index in [4.69, 9.17) is 5.11 Å². The molecule has 3 heteroatoms. The van der Waals surface area contributed by atoms with Crippen molar-refractivity contribution in [3.63, 3.8) is 0 Å². The highest BCUT2D eigenvalue weighted by molar-refractivity contribution is 5.94. The Labute approximate surface area is 96.5 Å². The predicted molar refractivity (Wildman–Crippen MR) is 64.5 cm³/mol. The summed E-state index contributed by atoms with van der Waals surface area (Å²) in [6.07, 6.45) is 0. The van der Waals surface area contributed by atoms with E-state index >= 15 is 0 Å². The number of rotatable bonds is 3. The van der Waals surface area contributed by atoms with Crippen molar-refractivity contribution in [2.45, 2.75) is 33.2 Å². The zero-order valence-electron chi connectivity index (χ0n) is 10.3. The van der Waals surface area contributed by atoms with Crippen molar-refractivity contribution in [1.29, 1.82) is 0 Å². The molecule has 0 aliphatic carbocycles. The highest BCUT2D eigenvalue weighted by atomic mass is 16.3. The number of aliphatic hydroxyl groups excluding tert-OH is 1. The van der Waals surface area contributed by atoms with Crippen molar-refractivity contribution in [3.05, 3.63) is 34.9 Å². The first-order valence-corrected chi connectivity index (χ1v) is 5.36. The molecule has 88 valence electrons. The number of hydrogen-bond acceptors (Lipinski definition) is 2. The highest BCUT2D eigenvalue weighted by Gasteiger charge is 2.19. The Balaban J connectivity index is 2.85. The molecule has 0 fully saturated rings. The van der Waals surface area contributed by atoms with Crippen molar-refractivity contribution in [1.82, 2.24) is 5.32 Å². The Bertz CT molecular complexity index is 397. The van der Waals surface area contributed by atoms with Gasteiger partial charge in [-0.25, -0.2) is 0 Å². The number of benzene rings is 1. The van der Waals surface area contributed by atoms with Gasteiger partial charge in [0.15, 0.2) is 0 Å². The molecule has 1 rings (SSSR count). The Morgan fingerprint density at radius 2 is 1.94 bits per heavy atom. The molecule has 1 amide bonds. The van der Waals surface area contributed by atoms with Gasteiger partial charge in [0, 0.05) is 5.56 Å². The fourth-order valence-corrected chi connectivity index (χ4v) is 1.30. The quantitative estimate of drug-likeness (QED) is 0.817. The number of aliphatic hydroxyl groups is 1. The van der Waals surface area contributed by atoms with E-state index in [1.165, 1.54) is 0 Å². The van der Waals surface area contributed by atoms with Gasteiger partial charge in [0.25, 0.3) is 5.91 Å². The Morgan fingerprint density at radius 3 is 2.44 bits per heavy atom. The average molecular weight is 221 g/mol. The van der Waals surface area contributed by atoms with Gasteiger partial charge in [0.1, 0.15) is 0 Å². The zero-order valence-corrected chi connectivity index (χ0v) is 10.3. The van der Waals surface area contributed by atoms with Crippen LogP contribution in [0, 0.1) is 13.8 Å². The third-order valence-electron chi connectivity index (χ3n) is 2.62. The van der Waals surface area contributed by atoms with Gasteiger partial charge in [-0.05, 0) is 51.0 Å². The minimum absolute atomic E-state index is 0.0798. The normalized spacial score (nSPS) is 11.3. The third kappa shape index (κ3) is 3.07. The second kappa shape index (κ2) is 4.66. The predicted octanol–water partition coefficient (Wildman–Crippen LogP) is 1.80. The maximum atomic E-state index is 11.9. The van der Waals surface area contributed by atoms with Crippen LogP contribution in [-0.2, 0) is 0 Å². The number of nitrogens with one attached hydrogen (secondary N) is 1. The van der Waals surface area contributed by atoms with Crippen molar-refractivity contribution >= 4 is 5.91 Å².